The Bertz CT molecular complexity index is 1020. The van der Waals surface area contributed by atoms with Gasteiger partial charge in [0.2, 0.25) is 0 Å². The fraction of sp³-hybridized carbons (Fsp3) is 0.227. The highest BCUT2D eigenvalue weighted by Gasteiger charge is 2.23. The standard InChI is InChI=1S/C22H22N4O3S/c27-20(18-10-5-11-29-18)25-17-9-4-6-15(12-17)13-23-21(28)26-22-24-14-19(30-22)16-7-2-1-3-8-16/h1-4,6-9,12,14,18H,5,10-11,13H2,(H,25,27)(H2,23,24,26,28). The van der Waals surface area contributed by atoms with Gasteiger partial charge >= 0.3 is 6.03 Å². The van der Waals surface area contributed by atoms with Gasteiger partial charge in [0.05, 0.1) is 4.88 Å². The number of ether oxygens (including phenoxy) is 1. The SMILES string of the molecule is O=C(NCc1cccc(NC(=O)C2CCCO2)c1)Nc1ncc(-c2ccccc2)s1. The van der Waals surface area contributed by atoms with Gasteiger partial charge in [0.15, 0.2) is 5.13 Å². The maximum absolute atomic E-state index is 12.2. The molecule has 0 radical (unpaired) electrons. The summed E-state index contributed by atoms with van der Waals surface area (Å²) < 4.78 is 5.40. The van der Waals surface area contributed by atoms with E-state index >= 15 is 0 Å². The number of nitrogens with zero attached hydrogens (tertiary/aromatic N) is 1. The van der Waals surface area contributed by atoms with Gasteiger partial charge in [0, 0.05) is 25.0 Å². The lowest BCUT2D eigenvalue weighted by Gasteiger charge is -2.12. The highest BCUT2D eigenvalue weighted by molar-refractivity contribution is 7.19. The zero-order valence-corrected chi connectivity index (χ0v) is 17.1. The average Bonchev–Trinajstić information content (AvgIpc) is 3.46. The first-order valence-corrected chi connectivity index (χ1v) is 10.6. The second-order valence-corrected chi connectivity index (χ2v) is 7.93. The monoisotopic (exact) mass is 422 g/mol. The van der Waals surface area contributed by atoms with Crippen LogP contribution in [0.5, 0.6) is 0 Å². The van der Waals surface area contributed by atoms with Gasteiger partial charge in [-0.3, -0.25) is 10.1 Å². The summed E-state index contributed by atoms with van der Waals surface area (Å²) in [6.07, 6.45) is 3.02. The van der Waals surface area contributed by atoms with Crippen LogP contribution in [0.1, 0.15) is 18.4 Å². The van der Waals surface area contributed by atoms with Crippen LogP contribution in [0.2, 0.25) is 0 Å². The Hall–Kier alpha value is -3.23. The normalized spacial score (nSPS) is 15.5. The number of urea groups is 1. The number of nitrogens with one attached hydrogen (secondary N) is 3. The molecule has 0 aliphatic carbocycles. The summed E-state index contributed by atoms with van der Waals surface area (Å²) in [4.78, 5) is 29.7. The zero-order chi connectivity index (χ0) is 20.8. The number of carbonyl (C=O) groups is 2. The molecule has 1 atom stereocenters. The number of thiazole rings is 1. The van der Waals surface area contributed by atoms with E-state index in [1.54, 1.807) is 6.20 Å². The van der Waals surface area contributed by atoms with Crippen molar-refractivity contribution in [1.82, 2.24) is 10.3 Å². The molecule has 0 bridgehead atoms. The molecule has 0 spiro atoms. The Morgan fingerprint density at radius 1 is 1.10 bits per heavy atom. The number of amides is 3. The predicted octanol–water partition coefficient (Wildman–Crippen LogP) is 4.25. The van der Waals surface area contributed by atoms with Crippen molar-refractivity contribution < 1.29 is 14.3 Å². The molecule has 1 aromatic heterocycles. The first kappa shape index (κ1) is 20.1. The number of aromatic nitrogens is 1. The maximum atomic E-state index is 12.2. The zero-order valence-electron chi connectivity index (χ0n) is 16.3. The highest BCUT2D eigenvalue weighted by atomic mass is 32.1. The lowest BCUT2D eigenvalue weighted by molar-refractivity contribution is -0.124. The van der Waals surface area contributed by atoms with Gasteiger partial charge in [0.25, 0.3) is 5.91 Å². The first-order chi connectivity index (χ1) is 14.7. The van der Waals surface area contributed by atoms with Gasteiger partial charge in [-0.2, -0.15) is 0 Å². The minimum Gasteiger partial charge on any atom is -0.368 e. The van der Waals surface area contributed by atoms with E-state index in [1.165, 1.54) is 11.3 Å². The Labute approximate surface area is 178 Å². The summed E-state index contributed by atoms with van der Waals surface area (Å²) in [7, 11) is 0. The van der Waals surface area contributed by atoms with Crippen LogP contribution in [0.15, 0.2) is 60.8 Å². The second-order valence-electron chi connectivity index (χ2n) is 6.89. The lowest BCUT2D eigenvalue weighted by atomic mass is 10.2. The Kier molecular flexibility index (Phi) is 6.36. The van der Waals surface area contributed by atoms with Crippen molar-refractivity contribution in [3.05, 3.63) is 66.4 Å². The summed E-state index contributed by atoms with van der Waals surface area (Å²) in [5.41, 5.74) is 2.62. The van der Waals surface area contributed by atoms with Crippen LogP contribution in [0, 0.1) is 0 Å². The fourth-order valence-electron chi connectivity index (χ4n) is 3.16. The molecule has 1 fully saturated rings. The molecule has 30 heavy (non-hydrogen) atoms. The van der Waals surface area contributed by atoms with E-state index in [-0.39, 0.29) is 18.0 Å². The summed E-state index contributed by atoms with van der Waals surface area (Å²) >= 11 is 1.41. The van der Waals surface area contributed by atoms with E-state index in [2.05, 4.69) is 20.9 Å². The molecule has 4 rings (SSSR count). The van der Waals surface area contributed by atoms with Gasteiger partial charge in [-0.25, -0.2) is 9.78 Å². The topological polar surface area (TPSA) is 92.4 Å². The Morgan fingerprint density at radius 2 is 1.97 bits per heavy atom. The number of rotatable bonds is 6. The van der Waals surface area contributed by atoms with Crippen LogP contribution in [0.25, 0.3) is 10.4 Å². The first-order valence-electron chi connectivity index (χ1n) is 9.75. The van der Waals surface area contributed by atoms with Crippen molar-refractivity contribution in [2.75, 3.05) is 17.2 Å². The molecule has 3 aromatic rings. The molecule has 0 saturated carbocycles. The van der Waals surface area contributed by atoms with Gasteiger partial charge < -0.3 is 15.4 Å². The second kappa shape index (κ2) is 9.51. The van der Waals surface area contributed by atoms with Crippen LogP contribution in [-0.4, -0.2) is 29.6 Å². The molecule has 1 aliphatic rings. The number of benzene rings is 2. The van der Waals surface area contributed by atoms with E-state index < -0.39 is 0 Å². The third kappa shape index (κ3) is 5.22. The summed E-state index contributed by atoms with van der Waals surface area (Å²) in [5, 5.41) is 8.97. The quantitative estimate of drug-likeness (QED) is 0.554. The van der Waals surface area contributed by atoms with E-state index in [1.807, 2.05) is 54.6 Å². The molecule has 1 unspecified atom stereocenters. The van der Waals surface area contributed by atoms with E-state index in [4.69, 9.17) is 4.74 Å². The molecule has 7 nitrogen and oxygen atoms in total. The third-order valence-electron chi connectivity index (χ3n) is 4.65. The predicted molar refractivity (Wildman–Crippen MR) is 117 cm³/mol. The minimum absolute atomic E-state index is 0.131. The van der Waals surface area contributed by atoms with Crippen LogP contribution in [0.4, 0.5) is 15.6 Å². The van der Waals surface area contributed by atoms with E-state index in [0.29, 0.717) is 24.0 Å². The van der Waals surface area contributed by atoms with Crippen molar-refractivity contribution in [2.45, 2.75) is 25.5 Å². The van der Waals surface area contributed by atoms with Gasteiger partial charge in [-0.15, -0.1) is 0 Å². The van der Waals surface area contributed by atoms with Gasteiger partial charge in [-0.05, 0) is 36.1 Å². The largest absolute Gasteiger partial charge is 0.368 e. The fourth-order valence-corrected chi connectivity index (χ4v) is 3.97. The molecule has 1 saturated heterocycles. The third-order valence-corrected chi connectivity index (χ3v) is 5.62. The highest BCUT2D eigenvalue weighted by Crippen LogP contribution is 2.28. The Morgan fingerprint density at radius 3 is 2.77 bits per heavy atom. The number of carbonyl (C=O) groups excluding carboxylic acids is 2. The van der Waals surface area contributed by atoms with E-state index in [0.717, 1.165) is 28.8 Å². The molecular formula is C22H22N4O3S. The number of hydrogen-bond donors (Lipinski definition) is 3. The molecule has 2 heterocycles. The molecule has 1 aliphatic heterocycles. The van der Waals surface area contributed by atoms with Gasteiger partial charge in [0.1, 0.15) is 6.10 Å². The van der Waals surface area contributed by atoms with Gasteiger partial charge in [-0.1, -0.05) is 53.8 Å². The smallest absolute Gasteiger partial charge is 0.321 e. The van der Waals surface area contributed by atoms with Crippen molar-refractivity contribution in [3.8, 4) is 10.4 Å². The molecule has 2 aromatic carbocycles. The average molecular weight is 423 g/mol. The minimum atomic E-state index is -0.378. The van der Waals surface area contributed by atoms with Crippen LogP contribution in [-0.2, 0) is 16.1 Å². The number of hydrogen-bond acceptors (Lipinski definition) is 5. The van der Waals surface area contributed by atoms with Crippen molar-refractivity contribution in [2.24, 2.45) is 0 Å². The van der Waals surface area contributed by atoms with Crippen molar-refractivity contribution in [3.63, 3.8) is 0 Å². The molecular weight excluding hydrogens is 400 g/mol. The molecule has 3 amide bonds. The van der Waals surface area contributed by atoms with Crippen molar-refractivity contribution >= 4 is 34.1 Å². The maximum Gasteiger partial charge on any atom is 0.321 e. The summed E-state index contributed by atoms with van der Waals surface area (Å²) in [6.45, 7) is 0.954. The van der Waals surface area contributed by atoms with Crippen molar-refractivity contribution in [1.29, 1.82) is 0 Å². The molecule has 154 valence electrons. The molecule has 3 N–H and O–H groups in total. The summed E-state index contributed by atoms with van der Waals surface area (Å²) in [6, 6.07) is 16.9. The number of anilines is 2. The van der Waals surface area contributed by atoms with E-state index in [9.17, 15) is 9.59 Å². The van der Waals surface area contributed by atoms with Crippen LogP contribution in [0.3, 0.4) is 0 Å². The summed E-state index contributed by atoms with van der Waals surface area (Å²) in [5.74, 6) is -0.131. The van der Waals surface area contributed by atoms with Crippen LogP contribution < -0.4 is 16.0 Å². The van der Waals surface area contributed by atoms with Crippen LogP contribution >= 0.6 is 11.3 Å². The Balaban J connectivity index is 1.29. The lowest BCUT2D eigenvalue weighted by Crippen LogP contribution is -2.28. The molecule has 8 heteroatoms.